The van der Waals surface area contributed by atoms with Gasteiger partial charge in [0.1, 0.15) is 17.3 Å². The molecule has 2 aromatic carbocycles. The first-order chi connectivity index (χ1) is 15.7. The maximum atomic E-state index is 13.2. The molecular weight excluding hydrogens is 444 g/mol. The number of amides is 1. The standard InChI is InChI=1S/C25H21ClN2O5/c1-13-11-20(33-3)14(2)10-17(13)23(30)21-22(15-6-8-27-9-7-15)28(25(32)24(21)31)18-12-16(26)4-5-19(18)29/h4-12,22,29-30H,1-3H3/b23-21+. The van der Waals surface area contributed by atoms with Crippen molar-refractivity contribution in [2.75, 3.05) is 12.0 Å². The number of aliphatic hydroxyl groups excluding tert-OH is 1. The normalized spacial score (nSPS) is 17.5. The molecule has 1 atom stereocenters. The minimum Gasteiger partial charge on any atom is -0.507 e. The van der Waals surface area contributed by atoms with Crippen molar-refractivity contribution in [1.29, 1.82) is 0 Å². The number of carbonyl (C=O) groups excluding carboxylic acids is 2. The number of Topliss-reactive ketones (excluding diaryl/α,β-unsaturated/α-hetero) is 1. The molecule has 2 heterocycles. The molecule has 1 aliphatic heterocycles. The van der Waals surface area contributed by atoms with E-state index < -0.39 is 17.7 Å². The number of rotatable bonds is 4. The van der Waals surface area contributed by atoms with Crippen molar-refractivity contribution in [3.05, 3.63) is 87.7 Å². The summed E-state index contributed by atoms with van der Waals surface area (Å²) in [6.45, 7) is 3.59. The highest BCUT2D eigenvalue weighted by Gasteiger charge is 2.47. The van der Waals surface area contributed by atoms with Crippen molar-refractivity contribution in [3.63, 3.8) is 0 Å². The number of aromatic hydroxyl groups is 1. The average Bonchev–Trinajstić information content (AvgIpc) is 3.07. The summed E-state index contributed by atoms with van der Waals surface area (Å²) in [5.41, 5.74) is 2.33. The second kappa shape index (κ2) is 8.60. The van der Waals surface area contributed by atoms with Crippen molar-refractivity contribution in [1.82, 2.24) is 4.98 Å². The molecule has 0 aliphatic carbocycles. The molecule has 1 aliphatic rings. The largest absolute Gasteiger partial charge is 0.507 e. The van der Waals surface area contributed by atoms with E-state index in [1.807, 2.05) is 6.92 Å². The van der Waals surface area contributed by atoms with E-state index in [4.69, 9.17) is 16.3 Å². The van der Waals surface area contributed by atoms with Crippen LogP contribution in [0.2, 0.25) is 5.02 Å². The zero-order chi connectivity index (χ0) is 23.9. The zero-order valence-electron chi connectivity index (χ0n) is 18.2. The highest BCUT2D eigenvalue weighted by molar-refractivity contribution is 6.52. The topological polar surface area (TPSA) is 100.0 Å². The summed E-state index contributed by atoms with van der Waals surface area (Å²) >= 11 is 6.12. The number of nitrogens with zero attached hydrogens (tertiary/aromatic N) is 2. The minimum atomic E-state index is -1.00. The van der Waals surface area contributed by atoms with Crippen molar-refractivity contribution >= 4 is 34.7 Å². The summed E-state index contributed by atoms with van der Waals surface area (Å²) in [6, 6.07) is 9.97. The Hall–Kier alpha value is -3.84. The molecule has 0 saturated carbocycles. The Morgan fingerprint density at radius 3 is 2.42 bits per heavy atom. The summed E-state index contributed by atoms with van der Waals surface area (Å²) < 4.78 is 5.34. The second-order valence-corrected chi connectivity index (χ2v) is 8.16. The van der Waals surface area contributed by atoms with Gasteiger partial charge in [0.2, 0.25) is 0 Å². The average molecular weight is 465 g/mol. The van der Waals surface area contributed by atoms with Gasteiger partial charge in [0.05, 0.1) is 24.4 Å². The van der Waals surface area contributed by atoms with E-state index in [1.165, 1.54) is 30.6 Å². The number of hydrogen-bond donors (Lipinski definition) is 2. The number of ether oxygens (including phenoxy) is 1. The molecule has 1 saturated heterocycles. The van der Waals surface area contributed by atoms with Crippen LogP contribution in [0.3, 0.4) is 0 Å². The predicted molar refractivity (Wildman–Crippen MR) is 125 cm³/mol. The van der Waals surface area contributed by atoms with E-state index in [1.54, 1.807) is 38.3 Å². The van der Waals surface area contributed by atoms with Crippen molar-refractivity contribution in [3.8, 4) is 11.5 Å². The molecule has 0 radical (unpaired) electrons. The summed E-state index contributed by atoms with van der Waals surface area (Å²) in [6.07, 6.45) is 3.05. The van der Waals surface area contributed by atoms with Crippen molar-refractivity contribution in [2.24, 2.45) is 0 Å². The number of carbonyl (C=O) groups is 2. The van der Waals surface area contributed by atoms with Crippen LogP contribution >= 0.6 is 11.6 Å². The summed E-state index contributed by atoms with van der Waals surface area (Å²) in [5.74, 6) is -1.67. The highest BCUT2D eigenvalue weighted by atomic mass is 35.5. The van der Waals surface area contributed by atoms with E-state index in [0.717, 1.165) is 10.5 Å². The molecule has 1 fully saturated rings. The van der Waals surface area contributed by atoms with E-state index >= 15 is 0 Å². The van der Waals surface area contributed by atoms with E-state index in [0.29, 0.717) is 22.4 Å². The quantitative estimate of drug-likeness (QED) is 0.330. The molecule has 1 aromatic heterocycles. The lowest BCUT2D eigenvalue weighted by Gasteiger charge is -2.26. The van der Waals surface area contributed by atoms with Gasteiger partial charge in [-0.3, -0.25) is 19.5 Å². The van der Waals surface area contributed by atoms with Crippen LogP contribution in [-0.2, 0) is 9.59 Å². The third-order valence-electron chi connectivity index (χ3n) is 5.66. The lowest BCUT2D eigenvalue weighted by atomic mass is 9.93. The second-order valence-electron chi connectivity index (χ2n) is 7.72. The van der Waals surface area contributed by atoms with Crippen LogP contribution in [0, 0.1) is 13.8 Å². The fourth-order valence-corrected chi connectivity index (χ4v) is 4.21. The van der Waals surface area contributed by atoms with Gasteiger partial charge in [0.15, 0.2) is 0 Å². The van der Waals surface area contributed by atoms with E-state index in [2.05, 4.69) is 4.98 Å². The van der Waals surface area contributed by atoms with Gasteiger partial charge in [-0.2, -0.15) is 0 Å². The molecule has 0 spiro atoms. The van der Waals surface area contributed by atoms with Crippen LogP contribution in [-0.4, -0.2) is 34.0 Å². The first kappa shape index (κ1) is 22.4. The Labute approximate surface area is 195 Å². The number of methoxy groups -OCH3 is 1. The summed E-state index contributed by atoms with van der Waals surface area (Å²) in [7, 11) is 1.55. The molecule has 168 valence electrons. The molecule has 1 amide bonds. The Morgan fingerprint density at radius 2 is 1.76 bits per heavy atom. The number of anilines is 1. The SMILES string of the molecule is COc1cc(C)c(/C(O)=C2\C(=O)C(=O)N(c3cc(Cl)ccc3O)C2c2ccncc2)cc1C. The molecule has 2 N–H and O–H groups in total. The Balaban J connectivity index is 1.99. The molecule has 8 heteroatoms. The fourth-order valence-electron chi connectivity index (χ4n) is 4.04. The molecule has 1 unspecified atom stereocenters. The summed E-state index contributed by atoms with van der Waals surface area (Å²) in [4.78, 5) is 31.6. The maximum absolute atomic E-state index is 13.2. The zero-order valence-corrected chi connectivity index (χ0v) is 18.9. The number of benzene rings is 2. The summed E-state index contributed by atoms with van der Waals surface area (Å²) in [5, 5.41) is 22.1. The number of hydrogen-bond acceptors (Lipinski definition) is 6. The van der Waals surface area contributed by atoms with E-state index in [-0.39, 0.29) is 27.8 Å². The first-order valence-corrected chi connectivity index (χ1v) is 10.5. The van der Waals surface area contributed by atoms with Crippen LogP contribution in [0.5, 0.6) is 11.5 Å². The maximum Gasteiger partial charge on any atom is 0.300 e. The van der Waals surface area contributed by atoms with Crippen LogP contribution in [0.15, 0.2) is 60.4 Å². The molecule has 7 nitrogen and oxygen atoms in total. The van der Waals surface area contributed by atoms with Crippen LogP contribution in [0.4, 0.5) is 5.69 Å². The fraction of sp³-hybridized carbons (Fsp3) is 0.160. The third kappa shape index (κ3) is 3.81. The molecular formula is C25H21ClN2O5. The number of phenolic OH excluding ortho intramolecular Hbond substituents is 1. The van der Waals surface area contributed by atoms with Gasteiger partial charge < -0.3 is 14.9 Å². The van der Waals surface area contributed by atoms with Crippen LogP contribution in [0.25, 0.3) is 5.76 Å². The molecule has 4 rings (SSSR count). The molecule has 3 aromatic rings. The lowest BCUT2D eigenvalue weighted by Crippen LogP contribution is -2.29. The van der Waals surface area contributed by atoms with Gasteiger partial charge >= 0.3 is 0 Å². The smallest absolute Gasteiger partial charge is 0.300 e. The van der Waals surface area contributed by atoms with Gasteiger partial charge in [-0.15, -0.1) is 0 Å². The number of halogens is 1. The highest BCUT2D eigenvalue weighted by Crippen LogP contribution is 2.45. The van der Waals surface area contributed by atoms with Crippen LogP contribution in [0.1, 0.15) is 28.3 Å². The van der Waals surface area contributed by atoms with Gasteiger partial charge in [-0.1, -0.05) is 11.6 Å². The molecule has 33 heavy (non-hydrogen) atoms. The number of aryl methyl sites for hydroxylation is 2. The van der Waals surface area contributed by atoms with Crippen molar-refractivity contribution in [2.45, 2.75) is 19.9 Å². The number of ketones is 1. The Morgan fingerprint density at radius 1 is 1.06 bits per heavy atom. The van der Waals surface area contributed by atoms with Gasteiger partial charge in [-0.25, -0.2) is 0 Å². The number of phenols is 1. The lowest BCUT2D eigenvalue weighted by molar-refractivity contribution is -0.132. The van der Waals surface area contributed by atoms with Crippen molar-refractivity contribution < 1.29 is 24.5 Å². The van der Waals surface area contributed by atoms with Gasteiger partial charge in [-0.05, 0) is 73.0 Å². The third-order valence-corrected chi connectivity index (χ3v) is 5.90. The Bertz CT molecular complexity index is 1300. The number of pyridine rings is 1. The van der Waals surface area contributed by atoms with Gasteiger partial charge in [0.25, 0.3) is 11.7 Å². The minimum absolute atomic E-state index is 0.0631. The number of aromatic nitrogens is 1. The van der Waals surface area contributed by atoms with E-state index in [9.17, 15) is 19.8 Å². The Kier molecular flexibility index (Phi) is 5.82. The number of aliphatic hydroxyl groups is 1. The monoisotopic (exact) mass is 464 g/mol. The predicted octanol–water partition coefficient (Wildman–Crippen LogP) is 4.69. The molecule has 0 bridgehead atoms. The van der Waals surface area contributed by atoms with Gasteiger partial charge in [0, 0.05) is 23.0 Å². The van der Waals surface area contributed by atoms with Crippen LogP contribution < -0.4 is 9.64 Å². The first-order valence-electron chi connectivity index (χ1n) is 10.1.